The fourth-order valence-electron chi connectivity index (χ4n) is 2.26. The van der Waals surface area contributed by atoms with Gasteiger partial charge in [0.05, 0.1) is 6.10 Å². The zero-order chi connectivity index (χ0) is 14.1. The third-order valence-electron chi connectivity index (χ3n) is 3.45. The van der Waals surface area contributed by atoms with Crippen molar-refractivity contribution in [3.05, 3.63) is 0 Å². The SMILES string of the molecule is CCCCC(NC(=O)CCC1CCCCO1)C(=O)O. The Bertz CT molecular complexity index is 287. The fourth-order valence-corrected chi connectivity index (χ4v) is 2.26. The highest BCUT2D eigenvalue weighted by molar-refractivity contribution is 5.83. The first kappa shape index (κ1) is 16.0. The second-order valence-electron chi connectivity index (χ2n) is 5.13. The summed E-state index contributed by atoms with van der Waals surface area (Å²) in [5.74, 6) is -1.13. The molecule has 1 rings (SSSR count). The Morgan fingerprint density at radius 1 is 1.42 bits per heavy atom. The summed E-state index contributed by atoms with van der Waals surface area (Å²) in [7, 11) is 0. The third kappa shape index (κ3) is 6.57. The second kappa shape index (κ2) is 8.91. The van der Waals surface area contributed by atoms with Gasteiger partial charge in [-0.1, -0.05) is 19.8 Å². The summed E-state index contributed by atoms with van der Waals surface area (Å²) in [6.07, 6.45) is 6.69. The van der Waals surface area contributed by atoms with E-state index < -0.39 is 12.0 Å². The van der Waals surface area contributed by atoms with E-state index in [4.69, 9.17) is 9.84 Å². The smallest absolute Gasteiger partial charge is 0.326 e. The van der Waals surface area contributed by atoms with Crippen molar-refractivity contribution in [2.75, 3.05) is 6.61 Å². The van der Waals surface area contributed by atoms with Gasteiger partial charge >= 0.3 is 5.97 Å². The molecule has 1 saturated heterocycles. The summed E-state index contributed by atoms with van der Waals surface area (Å²) in [4.78, 5) is 22.7. The molecule has 1 aliphatic rings. The zero-order valence-corrected chi connectivity index (χ0v) is 11.7. The Balaban J connectivity index is 2.25. The molecule has 5 heteroatoms. The monoisotopic (exact) mass is 271 g/mol. The van der Waals surface area contributed by atoms with Crippen molar-refractivity contribution in [1.29, 1.82) is 0 Å². The van der Waals surface area contributed by atoms with Crippen LogP contribution in [0.3, 0.4) is 0 Å². The Morgan fingerprint density at radius 3 is 2.79 bits per heavy atom. The first-order valence-corrected chi connectivity index (χ1v) is 7.27. The molecule has 0 bridgehead atoms. The molecule has 19 heavy (non-hydrogen) atoms. The highest BCUT2D eigenvalue weighted by atomic mass is 16.5. The van der Waals surface area contributed by atoms with Crippen LogP contribution in [-0.2, 0) is 14.3 Å². The van der Waals surface area contributed by atoms with Gasteiger partial charge in [0, 0.05) is 13.0 Å². The van der Waals surface area contributed by atoms with Crippen LogP contribution in [0.2, 0.25) is 0 Å². The Morgan fingerprint density at radius 2 is 2.21 bits per heavy atom. The first-order valence-electron chi connectivity index (χ1n) is 7.27. The number of hydrogen-bond donors (Lipinski definition) is 2. The molecule has 0 aromatic rings. The molecule has 1 aliphatic heterocycles. The molecule has 2 N–H and O–H groups in total. The standard InChI is InChI=1S/C14H25NO4/c1-2-3-7-12(14(17)18)15-13(16)9-8-11-6-4-5-10-19-11/h11-12H,2-10H2,1H3,(H,15,16)(H,17,18). The topological polar surface area (TPSA) is 75.6 Å². The van der Waals surface area contributed by atoms with Gasteiger partial charge in [-0.3, -0.25) is 4.79 Å². The van der Waals surface area contributed by atoms with Crippen LogP contribution >= 0.6 is 0 Å². The van der Waals surface area contributed by atoms with Gasteiger partial charge in [-0.2, -0.15) is 0 Å². The van der Waals surface area contributed by atoms with Crippen molar-refractivity contribution >= 4 is 11.9 Å². The van der Waals surface area contributed by atoms with Crippen LogP contribution < -0.4 is 5.32 Å². The molecule has 2 unspecified atom stereocenters. The van der Waals surface area contributed by atoms with Crippen LogP contribution in [0.25, 0.3) is 0 Å². The molecule has 5 nitrogen and oxygen atoms in total. The normalized spacial score (nSPS) is 20.8. The summed E-state index contributed by atoms with van der Waals surface area (Å²) >= 11 is 0. The number of carbonyl (C=O) groups excluding carboxylic acids is 1. The van der Waals surface area contributed by atoms with Gasteiger partial charge in [-0.25, -0.2) is 4.79 Å². The molecule has 0 spiro atoms. The average Bonchev–Trinajstić information content (AvgIpc) is 2.42. The highest BCUT2D eigenvalue weighted by Crippen LogP contribution is 2.16. The molecule has 0 aromatic heterocycles. The molecule has 2 atom stereocenters. The predicted octanol–water partition coefficient (Wildman–Crippen LogP) is 2.10. The number of unbranched alkanes of at least 4 members (excludes halogenated alkanes) is 1. The summed E-state index contributed by atoms with van der Waals surface area (Å²) in [6, 6.07) is -0.750. The van der Waals surface area contributed by atoms with E-state index >= 15 is 0 Å². The van der Waals surface area contributed by atoms with E-state index in [2.05, 4.69) is 5.32 Å². The van der Waals surface area contributed by atoms with E-state index in [0.717, 1.165) is 38.7 Å². The lowest BCUT2D eigenvalue weighted by molar-refractivity contribution is -0.142. The van der Waals surface area contributed by atoms with Crippen LogP contribution in [0.1, 0.15) is 58.3 Å². The molecule has 1 amide bonds. The molecule has 0 aliphatic carbocycles. The van der Waals surface area contributed by atoms with Crippen LogP contribution in [-0.4, -0.2) is 35.7 Å². The van der Waals surface area contributed by atoms with Crippen molar-refractivity contribution in [3.8, 4) is 0 Å². The van der Waals surface area contributed by atoms with Gasteiger partial charge in [0.25, 0.3) is 0 Å². The minimum atomic E-state index is -0.948. The van der Waals surface area contributed by atoms with E-state index in [0.29, 0.717) is 19.3 Å². The molecule has 110 valence electrons. The predicted molar refractivity (Wildman–Crippen MR) is 71.9 cm³/mol. The highest BCUT2D eigenvalue weighted by Gasteiger charge is 2.20. The minimum Gasteiger partial charge on any atom is -0.480 e. The maximum absolute atomic E-state index is 11.7. The number of carbonyl (C=O) groups is 2. The lowest BCUT2D eigenvalue weighted by atomic mass is 10.0. The second-order valence-corrected chi connectivity index (χ2v) is 5.13. The molecule has 1 fully saturated rings. The number of carboxylic acid groups (broad SMARTS) is 1. The summed E-state index contributed by atoms with van der Waals surface area (Å²) in [6.45, 7) is 2.78. The van der Waals surface area contributed by atoms with Crippen molar-refractivity contribution in [1.82, 2.24) is 5.32 Å². The molecule has 0 radical (unpaired) electrons. The van der Waals surface area contributed by atoms with E-state index in [9.17, 15) is 9.59 Å². The van der Waals surface area contributed by atoms with E-state index in [-0.39, 0.29) is 12.0 Å². The van der Waals surface area contributed by atoms with Gasteiger partial charge in [0.1, 0.15) is 6.04 Å². The first-order chi connectivity index (χ1) is 9.13. The molecule has 1 heterocycles. The average molecular weight is 271 g/mol. The van der Waals surface area contributed by atoms with Crippen molar-refractivity contribution < 1.29 is 19.4 Å². The van der Waals surface area contributed by atoms with Crippen LogP contribution in [0.4, 0.5) is 0 Å². The van der Waals surface area contributed by atoms with Gasteiger partial charge in [-0.05, 0) is 32.1 Å². The van der Waals surface area contributed by atoms with Crippen molar-refractivity contribution in [2.45, 2.75) is 70.4 Å². The van der Waals surface area contributed by atoms with Gasteiger partial charge in [-0.15, -0.1) is 0 Å². The number of aliphatic carboxylic acids is 1. The number of nitrogens with one attached hydrogen (secondary N) is 1. The largest absolute Gasteiger partial charge is 0.480 e. The third-order valence-corrected chi connectivity index (χ3v) is 3.45. The Hall–Kier alpha value is -1.10. The van der Waals surface area contributed by atoms with E-state index in [1.807, 2.05) is 6.92 Å². The van der Waals surface area contributed by atoms with Gasteiger partial charge < -0.3 is 15.2 Å². The number of carboxylic acids is 1. The number of rotatable bonds is 8. The molecular weight excluding hydrogens is 246 g/mol. The van der Waals surface area contributed by atoms with E-state index in [1.54, 1.807) is 0 Å². The van der Waals surface area contributed by atoms with Crippen LogP contribution in [0, 0.1) is 0 Å². The van der Waals surface area contributed by atoms with Crippen molar-refractivity contribution in [2.24, 2.45) is 0 Å². The number of amides is 1. The van der Waals surface area contributed by atoms with E-state index in [1.165, 1.54) is 0 Å². The van der Waals surface area contributed by atoms with Crippen LogP contribution in [0.5, 0.6) is 0 Å². The lowest BCUT2D eigenvalue weighted by Gasteiger charge is -2.22. The maximum Gasteiger partial charge on any atom is 0.326 e. The Labute approximate surface area is 114 Å². The summed E-state index contributed by atoms with van der Waals surface area (Å²) in [5, 5.41) is 11.6. The molecule has 0 saturated carbocycles. The van der Waals surface area contributed by atoms with Gasteiger partial charge in [0.15, 0.2) is 0 Å². The minimum absolute atomic E-state index is 0.165. The number of ether oxygens (including phenoxy) is 1. The maximum atomic E-state index is 11.7. The fraction of sp³-hybridized carbons (Fsp3) is 0.857. The lowest BCUT2D eigenvalue weighted by Crippen LogP contribution is -2.41. The summed E-state index contributed by atoms with van der Waals surface area (Å²) < 4.78 is 5.55. The summed E-state index contributed by atoms with van der Waals surface area (Å²) in [5.41, 5.74) is 0. The van der Waals surface area contributed by atoms with Gasteiger partial charge in [0.2, 0.25) is 5.91 Å². The number of hydrogen-bond acceptors (Lipinski definition) is 3. The quantitative estimate of drug-likeness (QED) is 0.709. The van der Waals surface area contributed by atoms with Crippen LogP contribution in [0.15, 0.2) is 0 Å². The Kier molecular flexibility index (Phi) is 7.48. The molecular formula is C14H25NO4. The zero-order valence-electron chi connectivity index (χ0n) is 11.7. The molecule has 0 aromatic carbocycles. The van der Waals surface area contributed by atoms with Crippen molar-refractivity contribution in [3.63, 3.8) is 0 Å².